The second kappa shape index (κ2) is 13.0. The molecule has 4 heteroatoms. The van der Waals surface area contributed by atoms with Gasteiger partial charge in [-0.1, -0.05) is 42.5 Å². The topological polar surface area (TPSA) is 63.4 Å². The molecular weight excluding hydrogens is 216 g/mol. The lowest BCUT2D eigenvalue weighted by molar-refractivity contribution is -0.132. The van der Waals surface area contributed by atoms with Gasteiger partial charge in [-0.25, -0.2) is 0 Å². The molecule has 0 saturated heterocycles. The summed E-state index contributed by atoms with van der Waals surface area (Å²) in [4.78, 5) is 22.6. The van der Waals surface area contributed by atoms with E-state index in [1.807, 2.05) is 27.8 Å². The van der Waals surface area contributed by atoms with Crippen LogP contribution in [0.5, 0.6) is 0 Å². The molecule has 0 atom stereocenters. The summed E-state index contributed by atoms with van der Waals surface area (Å²) in [5.41, 5.74) is 4.80. The number of nitrogens with two attached hydrogens (primary N) is 1. The molecule has 0 aliphatic rings. The maximum Gasteiger partial charge on any atom is 0.224 e. The summed E-state index contributed by atoms with van der Waals surface area (Å²) in [6, 6.07) is 0. The molecular formula is C13H32N2O2. The molecule has 4 nitrogen and oxygen atoms in total. The van der Waals surface area contributed by atoms with Crippen molar-refractivity contribution in [2.45, 2.75) is 49.5 Å². The van der Waals surface area contributed by atoms with E-state index in [1.165, 1.54) is 0 Å². The van der Waals surface area contributed by atoms with Crippen LogP contribution in [-0.2, 0) is 9.59 Å². The summed E-state index contributed by atoms with van der Waals surface area (Å²) in [5, 5.41) is 0. The van der Waals surface area contributed by atoms with Crippen LogP contribution in [0.1, 0.15) is 49.5 Å². The van der Waals surface area contributed by atoms with E-state index in [-0.39, 0.29) is 38.5 Å². The Morgan fingerprint density at radius 1 is 1.06 bits per heavy atom. The normalized spacial score (nSPS) is 8.47. The fourth-order valence-corrected chi connectivity index (χ4v) is 0.597. The number of rotatable bonds is 3. The highest BCUT2D eigenvalue weighted by Gasteiger charge is 2.09. The quantitative estimate of drug-likeness (QED) is 0.834. The molecule has 0 rings (SSSR count). The fourth-order valence-electron chi connectivity index (χ4n) is 0.597. The zero-order valence-corrected chi connectivity index (χ0v) is 10.7. The van der Waals surface area contributed by atoms with Crippen LogP contribution < -0.4 is 5.73 Å². The maximum absolute atomic E-state index is 11.0. The smallest absolute Gasteiger partial charge is 0.224 e. The van der Waals surface area contributed by atoms with Gasteiger partial charge in [0.25, 0.3) is 0 Å². The molecule has 0 spiro atoms. The molecule has 0 aliphatic carbocycles. The van der Waals surface area contributed by atoms with Gasteiger partial charge in [0.05, 0.1) is 0 Å². The predicted octanol–water partition coefficient (Wildman–Crippen LogP) is 2.52. The standard InChI is InChI=1S/C7H15NO.C4H9NO.2CH4/c1-5-8(4)7(9)6(2)3;1-3(2)4(5)6;;/h6H,5H2,1-4H3;3H,1-2H3,(H2,5,6);2*1H4. The Morgan fingerprint density at radius 3 is 1.41 bits per heavy atom. The zero-order chi connectivity index (χ0) is 12.6. The van der Waals surface area contributed by atoms with E-state index in [0.29, 0.717) is 0 Å². The van der Waals surface area contributed by atoms with E-state index in [2.05, 4.69) is 0 Å². The van der Waals surface area contributed by atoms with Crippen LogP contribution in [0.4, 0.5) is 0 Å². The summed E-state index contributed by atoms with van der Waals surface area (Å²) >= 11 is 0. The van der Waals surface area contributed by atoms with Crippen LogP contribution in [-0.4, -0.2) is 30.3 Å². The highest BCUT2D eigenvalue weighted by atomic mass is 16.2. The number of nitrogens with zero attached hydrogens (tertiary/aromatic N) is 1. The SMILES string of the molecule is C.C.CC(C)C(N)=O.CCN(C)C(=O)C(C)C. The minimum absolute atomic E-state index is 0. The first kappa shape index (κ1) is 25.0. The molecule has 106 valence electrons. The zero-order valence-electron chi connectivity index (χ0n) is 10.7. The van der Waals surface area contributed by atoms with Gasteiger partial charge in [-0.15, -0.1) is 0 Å². The van der Waals surface area contributed by atoms with Crippen molar-refractivity contribution in [1.29, 1.82) is 0 Å². The number of primary amides is 1. The molecule has 0 saturated carbocycles. The molecule has 0 unspecified atom stereocenters. The van der Waals surface area contributed by atoms with Crippen molar-refractivity contribution >= 4 is 11.8 Å². The third kappa shape index (κ3) is 14.9. The monoisotopic (exact) mass is 248 g/mol. The average molecular weight is 248 g/mol. The van der Waals surface area contributed by atoms with Crippen molar-refractivity contribution in [2.24, 2.45) is 17.6 Å². The number of carbonyl (C=O) groups excluding carboxylic acids is 2. The average Bonchev–Trinajstić information content (AvgIpc) is 2.16. The van der Waals surface area contributed by atoms with Gasteiger partial charge in [0.1, 0.15) is 0 Å². The Kier molecular flexibility index (Phi) is 19.1. The Bertz CT molecular complexity index is 202. The second-order valence-corrected chi connectivity index (χ2v) is 4.06. The van der Waals surface area contributed by atoms with Crippen LogP contribution in [0.15, 0.2) is 0 Å². The molecule has 17 heavy (non-hydrogen) atoms. The summed E-state index contributed by atoms with van der Waals surface area (Å²) in [6.07, 6.45) is 0. The lowest BCUT2D eigenvalue weighted by Crippen LogP contribution is -2.29. The van der Waals surface area contributed by atoms with Crippen LogP contribution >= 0.6 is 0 Å². The highest BCUT2D eigenvalue weighted by molar-refractivity contribution is 5.77. The Morgan fingerprint density at radius 2 is 1.35 bits per heavy atom. The van der Waals surface area contributed by atoms with Crippen molar-refractivity contribution in [2.75, 3.05) is 13.6 Å². The molecule has 0 aliphatic heterocycles. The number of hydrogen-bond acceptors (Lipinski definition) is 2. The summed E-state index contributed by atoms with van der Waals surface area (Å²) in [5.74, 6) is 0.104. The number of carbonyl (C=O) groups is 2. The van der Waals surface area contributed by atoms with E-state index in [9.17, 15) is 9.59 Å². The Hall–Kier alpha value is -1.06. The largest absolute Gasteiger partial charge is 0.369 e. The predicted molar refractivity (Wildman–Crippen MR) is 75.6 cm³/mol. The maximum atomic E-state index is 11.0. The molecule has 0 fully saturated rings. The summed E-state index contributed by atoms with van der Waals surface area (Å²) in [7, 11) is 1.82. The highest BCUT2D eigenvalue weighted by Crippen LogP contribution is 1.96. The molecule has 2 amide bonds. The van der Waals surface area contributed by atoms with Gasteiger partial charge in [0, 0.05) is 25.4 Å². The van der Waals surface area contributed by atoms with Crippen LogP contribution in [0.25, 0.3) is 0 Å². The summed E-state index contributed by atoms with van der Waals surface area (Å²) < 4.78 is 0. The summed E-state index contributed by atoms with van der Waals surface area (Å²) in [6.45, 7) is 10.1. The van der Waals surface area contributed by atoms with E-state index in [0.717, 1.165) is 6.54 Å². The van der Waals surface area contributed by atoms with Crippen LogP contribution in [0.3, 0.4) is 0 Å². The third-order valence-corrected chi connectivity index (χ3v) is 1.91. The van der Waals surface area contributed by atoms with Crippen molar-refractivity contribution in [3.63, 3.8) is 0 Å². The van der Waals surface area contributed by atoms with Gasteiger partial charge in [-0.05, 0) is 6.92 Å². The Labute approximate surface area is 108 Å². The van der Waals surface area contributed by atoms with Gasteiger partial charge in [0.15, 0.2) is 0 Å². The van der Waals surface area contributed by atoms with Crippen molar-refractivity contribution in [1.82, 2.24) is 4.90 Å². The van der Waals surface area contributed by atoms with Gasteiger partial charge in [-0.2, -0.15) is 0 Å². The van der Waals surface area contributed by atoms with Crippen molar-refractivity contribution in [3.8, 4) is 0 Å². The lowest BCUT2D eigenvalue weighted by atomic mass is 10.2. The molecule has 0 aromatic rings. The van der Waals surface area contributed by atoms with Crippen molar-refractivity contribution in [3.05, 3.63) is 0 Å². The van der Waals surface area contributed by atoms with Gasteiger partial charge in [-0.3, -0.25) is 9.59 Å². The lowest BCUT2D eigenvalue weighted by Gasteiger charge is -2.16. The first-order valence-electron chi connectivity index (χ1n) is 5.28. The molecule has 0 radical (unpaired) electrons. The fraction of sp³-hybridized carbons (Fsp3) is 0.846. The first-order valence-corrected chi connectivity index (χ1v) is 5.28. The minimum Gasteiger partial charge on any atom is -0.369 e. The number of amides is 2. The van der Waals surface area contributed by atoms with Gasteiger partial charge in [0.2, 0.25) is 11.8 Å². The Balaban J connectivity index is -0.0000000945. The van der Waals surface area contributed by atoms with Crippen LogP contribution in [0.2, 0.25) is 0 Å². The molecule has 0 bridgehead atoms. The van der Waals surface area contributed by atoms with E-state index in [1.54, 1.807) is 18.7 Å². The van der Waals surface area contributed by atoms with Gasteiger partial charge < -0.3 is 10.6 Å². The number of hydrogen-bond donors (Lipinski definition) is 1. The van der Waals surface area contributed by atoms with E-state index >= 15 is 0 Å². The van der Waals surface area contributed by atoms with Gasteiger partial charge >= 0.3 is 0 Å². The molecule has 0 heterocycles. The molecule has 2 N–H and O–H groups in total. The first-order chi connectivity index (χ1) is 6.73. The minimum atomic E-state index is -0.241. The van der Waals surface area contributed by atoms with Crippen LogP contribution in [0, 0.1) is 11.8 Å². The third-order valence-electron chi connectivity index (χ3n) is 1.91. The second-order valence-electron chi connectivity index (χ2n) is 4.06. The van der Waals surface area contributed by atoms with Crippen molar-refractivity contribution < 1.29 is 9.59 Å². The van der Waals surface area contributed by atoms with E-state index in [4.69, 9.17) is 5.73 Å². The molecule has 0 aromatic carbocycles. The van der Waals surface area contributed by atoms with E-state index < -0.39 is 0 Å². The molecule has 0 aromatic heterocycles.